The van der Waals surface area contributed by atoms with Gasteiger partial charge in [-0.15, -0.1) is 0 Å². The van der Waals surface area contributed by atoms with E-state index in [-0.39, 0.29) is 34.8 Å². The van der Waals surface area contributed by atoms with Crippen LogP contribution in [0.15, 0.2) is 41.3 Å². The monoisotopic (exact) mass is 440 g/mol. The molecule has 1 fully saturated rings. The molecule has 0 spiro atoms. The van der Waals surface area contributed by atoms with Gasteiger partial charge >= 0.3 is 0 Å². The molecule has 8 heteroatoms. The van der Waals surface area contributed by atoms with Gasteiger partial charge in [0.05, 0.1) is 5.02 Å². The Morgan fingerprint density at radius 2 is 1.71 bits per heavy atom. The average Bonchev–Trinajstić information content (AvgIpc) is 2.67. The lowest BCUT2D eigenvalue weighted by molar-refractivity contribution is -0.120. The van der Waals surface area contributed by atoms with Gasteiger partial charge in [-0.05, 0) is 56.0 Å². The lowest BCUT2D eigenvalue weighted by Crippen LogP contribution is -2.41. The van der Waals surface area contributed by atoms with Crippen molar-refractivity contribution in [3.05, 3.63) is 57.6 Å². The van der Waals surface area contributed by atoms with E-state index in [4.69, 9.17) is 23.2 Å². The molecule has 0 aromatic heterocycles. The molecule has 0 aliphatic carbocycles. The number of carbonyl (C=O) groups excluding carboxylic acids is 1. The maximum absolute atomic E-state index is 13.2. The molecule has 1 N–H and O–H groups in total. The van der Waals surface area contributed by atoms with Crippen LogP contribution < -0.4 is 5.32 Å². The molecule has 5 nitrogen and oxygen atoms in total. The number of hydrogen-bond acceptors (Lipinski definition) is 3. The highest BCUT2D eigenvalue weighted by molar-refractivity contribution is 7.89. The van der Waals surface area contributed by atoms with Crippen LogP contribution in [0.4, 0.5) is 5.69 Å². The second-order valence-corrected chi connectivity index (χ2v) is 9.64. The summed E-state index contributed by atoms with van der Waals surface area (Å²) in [6, 6.07) is 10.9. The first-order valence-electron chi connectivity index (χ1n) is 9.03. The van der Waals surface area contributed by atoms with Gasteiger partial charge < -0.3 is 5.32 Å². The molecule has 0 radical (unpaired) electrons. The molecule has 1 amide bonds. The zero-order valence-electron chi connectivity index (χ0n) is 15.7. The van der Waals surface area contributed by atoms with Gasteiger partial charge in [-0.2, -0.15) is 4.31 Å². The minimum Gasteiger partial charge on any atom is -0.326 e. The number of sulfonamides is 1. The Labute approximate surface area is 175 Å². The number of halogens is 2. The fourth-order valence-electron chi connectivity index (χ4n) is 3.37. The molecule has 1 aliphatic heterocycles. The first-order chi connectivity index (χ1) is 13.2. The van der Waals surface area contributed by atoms with Crippen molar-refractivity contribution in [3.8, 4) is 0 Å². The fourth-order valence-corrected chi connectivity index (χ4v) is 6.01. The van der Waals surface area contributed by atoms with Crippen LogP contribution in [-0.2, 0) is 14.8 Å². The lowest BCUT2D eigenvalue weighted by atomic mass is 9.97. The predicted molar refractivity (Wildman–Crippen MR) is 112 cm³/mol. The van der Waals surface area contributed by atoms with E-state index in [0.717, 1.165) is 5.69 Å². The van der Waals surface area contributed by atoms with Crippen molar-refractivity contribution in [1.82, 2.24) is 4.31 Å². The van der Waals surface area contributed by atoms with E-state index in [1.807, 2.05) is 30.3 Å². The molecule has 1 heterocycles. The fraction of sp³-hybridized carbons (Fsp3) is 0.350. The number of aryl methyl sites for hydroxylation is 1. The smallest absolute Gasteiger partial charge is 0.244 e. The van der Waals surface area contributed by atoms with Gasteiger partial charge in [-0.25, -0.2) is 8.42 Å². The summed E-state index contributed by atoms with van der Waals surface area (Å²) in [5, 5.41) is 3.46. The van der Waals surface area contributed by atoms with Gasteiger partial charge in [0.2, 0.25) is 15.9 Å². The Kier molecular flexibility index (Phi) is 6.34. The third-order valence-corrected chi connectivity index (χ3v) is 8.11. The summed E-state index contributed by atoms with van der Waals surface area (Å²) >= 11 is 12.5. The normalized spacial score (nSPS) is 16.1. The molecular formula is C20H22Cl2N2O3S. The number of carbonyl (C=O) groups is 1. The summed E-state index contributed by atoms with van der Waals surface area (Å²) in [7, 11) is -3.79. The SMILES string of the molecule is Cc1cc(Cl)c(C)c(S(=O)(=O)N2CCC(C(=O)Nc3ccccc3)CC2)c1Cl. The van der Waals surface area contributed by atoms with Crippen LogP contribution in [-0.4, -0.2) is 31.7 Å². The van der Waals surface area contributed by atoms with Crippen molar-refractivity contribution in [1.29, 1.82) is 0 Å². The Morgan fingerprint density at radius 3 is 2.32 bits per heavy atom. The molecule has 150 valence electrons. The van der Waals surface area contributed by atoms with Crippen LogP contribution in [0.2, 0.25) is 10.0 Å². The lowest BCUT2D eigenvalue weighted by Gasteiger charge is -2.31. The van der Waals surface area contributed by atoms with Crippen molar-refractivity contribution in [2.45, 2.75) is 31.6 Å². The quantitative estimate of drug-likeness (QED) is 0.751. The molecule has 2 aromatic carbocycles. The van der Waals surface area contributed by atoms with Crippen molar-refractivity contribution >= 4 is 44.8 Å². The van der Waals surface area contributed by atoms with Crippen LogP contribution in [0, 0.1) is 19.8 Å². The Bertz CT molecular complexity index is 960. The minimum atomic E-state index is -3.79. The number of hydrogen-bond donors (Lipinski definition) is 1. The molecule has 0 bridgehead atoms. The van der Waals surface area contributed by atoms with Crippen LogP contribution in [0.3, 0.4) is 0 Å². The van der Waals surface area contributed by atoms with Crippen molar-refractivity contribution < 1.29 is 13.2 Å². The predicted octanol–water partition coefficient (Wildman–Crippen LogP) is 4.65. The standard InChI is InChI=1S/C20H22Cl2N2O3S/c1-13-12-17(21)14(2)19(18(13)22)28(26,27)24-10-8-15(9-11-24)20(25)23-16-6-4-3-5-7-16/h3-7,12,15H,8-11H2,1-2H3,(H,23,25). The van der Waals surface area contributed by atoms with Crippen molar-refractivity contribution in [2.24, 2.45) is 5.92 Å². The zero-order valence-corrected chi connectivity index (χ0v) is 18.0. The maximum Gasteiger partial charge on any atom is 0.244 e. The highest BCUT2D eigenvalue weighted by atomic mass is 35.5. The number of anilines is 1. The summed E-state index contributed by atoms with van der Waals surface area (Å²) in [5.41, 5.74) is 1.80. The molecule has 0 atom stereocenters. The summed E-state index contributed by atoms with van der Waals surface area (Å²) in [6.07, 6.45) is 0.905. The first-order valence-corrected chi connectivity index (χ1v) is 11.2. The Morgan fingerprint density at radius 1 is 1.11 bits per heavy atom. The van der Waals surface area contributed by atoms with E-state index in [2.05, 4.69) is 5.32 Å². The van der Waals surface area contributed by atoms with Crippen LogP contribution in [0.1, 0.15) is 24.0 Å². The van der Waals surface area contributed by atoms with Gasteiger partial charge in [-0.3, -0.25) is 4.79 Å². The zero-order chi connectivity index (χ0) is 20.5. The third kappa shape index (κ3) is 4.20. The van der Waals surface area contributed by atoms with Crippen molar-refractivity contribution in [2.75, 3.05) is 18.4 Å². The van der Waals surface area contributed by atoms with Crippen molar-refractivity contribution in [3.63, 3.8) is 0 Å². The molecule has 1 saturated heterocycles. The summed E-state index contributed by atoms with van der Waals surface area (Å²) < 4.78 is 27.8. The van der Waals surface area contributed by atoms with E-state index in [0.29, 0.717) is 29.0 Å². The highest BCUT2D eigenvalue weighted by Gasteiger charge is 2.35. The number of amides is 1. The molecule has 2 aromatic rings. The Balaban J connectivity index is 1.73. The van der Waals surface area contributed by atoms with Gasteiger partial charge in [0.25, 0.3) is 0 Å². The van der Waals surface area contributed by atoms with Gasteiger partial charge in [0.1, 0.15) is 4.90 Å². The number of benzene rings is 2. The average molecular weight is 441 g/mol. The second kappa shape index (κ2) is 8.41. The van der Waals surface area contributed by atoms with E-state index < -0.39 is 10.0 Å². The summed E-state index contributed by atoms with van der Waals surface area (Å²) in [4.78, 5) is 12.5. The van der Waals surface area contributed by atoms with Crippen LogP contribution in [0.25, 0.3) is 0 Å². The van der Waals surface area contributed by atoms with E-state index in [1.165, 1.54) is 4.31 Å². The number of nitrogens with zero attached hydrogens (tertiary/aromatic N) is 1. The van der Waals surface area contributed by atoms with Gasteiger partial charge in [-0.1, -0.05) is 41.4 Å². The second-order valence-electron chi connectivity index (χ2n) is 6.98. The molecule has 0 saturated carbocycles. The van der Waals surface area contributed by atoms with Crippen LogP contribution in [0.5, 0.6) is 0 Å². The molecular weight excluding hydrogens is 419 g/mol. The molecule has 0 unspecified atom stereocenters. The highest BCUT2D eigenvalue weighted by Crippen LogP contribution is 2.36. The summed E-state index contributed by atoms with van der Waals surface area (Å²) in [5.74, 6) is -0.319. The Hall–Kier alpha value is -1.60. The number of nitrogens with one attached hydrogen (secondary N) is 1. The van der Waals surface area contributed by atoms with E-state index in [9.17, 15) is 13.2 Å². The molecule has 3 rings (SSSR count). The van der Waals surface area contributed by atoms with Gasteiger partial charge in [0, 0.05) is 29.7 Å². The largest absolute Gasteiger partial charge is 0.326 e. The minimum absolute atomic E-state index is 0.0614. The number of rotatable bonds is 4. The van der Waals surface area contributed by atoms with Crippen LogP contribution >= 0.6 is 23.2 Å². The topological polar surface area (TPSA) is 66.5 Å². The number of piperidine rings is 1. The summed E-state index contributed by atoms with van der Waals surface area (Å²) in [6.45, 7) is 3.90. The van der Waals surface area contributed by atoms with E-state index in [1.54, 1.807) is 19.9 Å². The van der Waals surface area contributed by atoms with E-state index >= 15 is 0 Å². The first kappa shape index (κ1) is 21.1. The third-order valence-electron chi connectivity index (χ3n) is 5.05. The number of para-hydroxylation sites is 1. The molecule has 1 aliphatic rings. The molecule has 28 heavy (non-hydrogen) atoms. The maximum atomic E-state index is 13.2. The van der Waals surface area contributed by atoms with Gasteiger partial charge in [0.15, 0.2) is 0 Å².